The molecule has 0 spiro atoms. The molecule has 0 amide bonds. The lowest BCUT2D eigenvalue weighted by Crippen LogP contribution is -2.13. The fraction of sp³-hybridized carbons (Fsp3) is 0.800. The van der Waals surface area contributed by atoms with E-state index in [9.17, 15) is 4.79 Å². The van der Waals surface area contributed by atoms with Gasteiger partial charge in [0, 0.05) is 5.41 Å². The first-order valence-electron chi connectivity index (χ1n) is 2.14. The molecule has 0 unspecified atom stereocenters. The van der Waals surface area contributed by atoms with Gasteiger partial charge in [0.15, 0.2) is 0 Å². The highest BCUT2D eigenvalue weighted by atomic mass is 35.5. The van der Waals surface area contributed by atoms with Gasteiger partial charge in [-0.25, -0.2) is 0 Å². The number of hydrogen-bond acceptors (Lipinski definition) is 2. The summed E-state index contributed by atoms with van der Waals surface area (Å²) in [6.45, 7) is 5.34. The minimum Gasteiger partial charge on any atom is -0.344 e. The molecule has 2 nitrogen and oxygen atoms in total. The topological polar surface area (TPSA) is 52.1 Å². The Hall–Kier alpha value is -0.0800. The van der Waals surface area contributed by atoms with Gasteiger partial charge in [-0.3, -0.25) is 4.79 Å². The predicted molar refractivity (Wildman–Crippen MR) is 35.3 cm³/mol. The highest BCUT2D eigenvalue weighted by Crippen LogP contribution is 2.15. The Kier molecular flexibility index (Phi) is 4.12. The van der Waals surface area contributed by atoms with E-state index in [0.717, 1.165) is 0 Å². The fourth-order valence-electron chi connectivity index (χ4n) is 0. The quantitative estimate of drug-likeness (QED) is 0.519. The van der Waals surface area contributed by atoms with Gasteiger partial charge in [0.2, 0.25) is 5.24 Å². The van der Waals surface area contributed by atoms with Gasteiger partial charge in [-0.05, 0) is 11.6 Å². The summed E-state index contributed by atoms with van der Waals surface area (Å²) in [5.41, 5.74) is -0.373. The van der Waals surface area contributed by atoms with Crippen molar-refractivity contribution in [3.8, 4) is 0 Å². The molecule has 0 aliphatic heterocycles. The van der Waals surface area contributed by atoms with Crippen molar-refractivity contribution in [1.82, 2.24) is 6.15 Å². The highest BCUT2D eigenvalue weighted by molar-refractivity contribution is 6.64. The van der Waals surface area contributed by atoms with Crippen molar-refractivity contribution in [3.63, 3.8) is 0 Å². The van der Waals surface area contributed by atoms with Crippen molar-refractivity contribution in [2.45, 2.75) is 20.8 Å². The van der Waals surface area contributed by atoms with Crippen LogP contribution < -0.4 is 6.15 Å². The van der Waals surface area contributed by atoms with Crippen LogP contribution >= 0.6 is 11.6 Å². The molecule has 3 heteroatoms. The molecule has 50 valence electrons. The van der Waals surface area contributed by atoms with Gasteiger partial charge >= 0.3 is 0 Å². The van der Waals surface area contributed by atoms with Crippen LogP contribution in [0.15, 0.2) is 0 Å². The molecule has 0 bridgehead atoms. The molecular weight excluding hydrogens is 126 g/mol. The minimum atomic E-state index is -0.373. The Balaban J connectivity index is 0. The third kappa shape index (κ3) is 4.09. The molecule has 0 aromatic heterocycles. The second kappa shape index (κ2) is 3.05. The zero-order valence-corrected chi connectivity index (χ0v) is 6.25. The maximum Gasteiger partial charge on any atom is 0.226 e. The summed E-state index contributed by atoms with van der Waals surface area (Å²) >= 11 is 5.11. The minimum absolute atomic E-state index is 0. The lowest BCUT2D eigenvalue weighted by Gasteiger charge is -2.08. The van der Waals surface area contributed by atoms with E-state index in [2.05, 4.69) is 0 Å². The van der Waals surface area contributed by atoms with Crippen LogP contribution in [-0.4, -0.2) is 5.24 Å². The summed E-state index contributed by atoms with van der Waals surface area (Å²) < 4.78 is 0. The van der Waals surface area contributed by atoms with Crippen LogP contribution in [0.2, 0.25) is 0 Å². The summed E-state index contributed by atoms with van der Waals surface area (Å²) in [5, 5.41) is -0.285. The Morgan fingerprint density at radius 2 is 1.50 bits per heavy atom. The van der Waals surface area contributed by atoms with Crippen LogP contribution in [0.5, 0.6) is 0 Å². The zero-order valence-electron chi connectivity index (χ0n) is 5.49. The monoisotopic (exact) mass is 137 g/mol. The molecular formula is C5H12ClNO. The van der Waals surface area contributed by atoms with Gasteiger partial charge < -0.3 is 6.15 Å². The molecule has 0 aliphatic carbocycles. The number of rotatable bonds is 0. The van der Waals surface area contributed by atoms with E-state index >= 15 is 0 Å². The molecule has 8 heavy (non-hydrogen) atoms. The molecule has 0 radical (unpaired) electrons. The smallest absolute Gasteiger partial charge is 0.226 e. The van der Waals surface area contributed by atoms with Crippen LogP contribution in [0.3, 0.4) is 0 Å². The van der Waals surface area contributed by atoms with Crippen molar-refractivity contribution in [1.29, 1.82) is 0 Å². The van der Waals surface area contributed by atoms with Crippen LogP contribution in [0.1, 0.15) is 20.8 Å². The van der Waals surface area contributed by atoms with E-state index < -0.39 is 0 Å². The van der Waals surface area contributed by atoms with E-state index in [1.165, 1.54) is 0 Å². The molecule has 0 fully saturated rings. The Morgan fingerprint density at radius 1 is 1.38 bits per heavy atom. The molecule has 0 aromatic carbocycles. The lowest BCUT2D eigenvalue weighted by molar-refractivity contribution is -0.118. The van der Waals surface area contributed by atoms with Crippen molar-refractivity contribution >= 4 is 16.8 Å². The first-order valence-corrected chi connectivity index (χ1v) is 2.52. The summed E-state index contributed by atoms with van der Waals surface area (Å²) in [6, 6.07) is 0. The highest BCUT2D eigenvalue weighted by Gasteiger charge is 2.17. The van der Waals surface area contributed by atoms with Gasteiger partial charge in [0.05, 0.1) is 0 Å². The third-order valence-corrected chi connectivity index (χ3v) is 1.16. The largest absolute Gasteiger partial charge is 0.344 e. The summed E-state index contributed by atoms with van der Waals surface area (Å²) in [6.07, 6.45) is 0. The number of carbonyl (C=O) groups is 1. The van der Waals surface area contributed by atoms with Crippen molar-refractivity contribution in [2.24, 2.45) is 5.41 Å². The van der Waals surface area contributed by atoms with Gasteiger partial charge in [-0.1, -0.05) is 20.8 Å². The van der Waals surface area contributed by atoms with Gasteiger partial charge in [-0.2, -0.15) is 0 Å². The van der Waals surface area contributed by atoms with Crippen LogP contribution in [0.25, 0.3) is 0 Å². The summed E-state index contributed by atoms with van der Waals surface area (Å²) in [4.78, 5) is 10.2. The molecule has 0 rings (SSSR count). The molecule has 0 aliphatic rings. The van der Waals surface area contributed by atoms with E-state index in [1.54, 1.807) is 20.8 Å². The standard InChI is InChI=1S/C5H9ClO.H3N/c1-5(2,3)4(6)7;/h1-3H3;1H3. The Bertz CT molecular complexity index is 84.9. The maximum absolute atomic E-state index is 10.2. The van der Waals surface area contributed by atoms with Gasteiger partial charge in [0.1, 0.15) is 0 Å². The summed E-state index contributed by atoms with van der Waals surface area (Å²) in [7, 11) is 0. The summed E-state index contributed by atoms with van der Waals surface area (Å²) in [5.74, 6) is 0. The predicted octanol–water partition coefficient (Wildman–Crippen LogP) is 1.96. The average Bonchev–Trinajstić information content (AvgIpc) is 1.31. The van der Waals surface area contributed by atoms with E-state index in [1.807, 2.05) is 0 Å². The van der Waals surface area contributed by atoms with Crippen LogP contribution in [0.4, 0.5) is 0 Å². The Labute approximate surface area is 54.8 Å². The molecule has 0 aromatic rings. The van der Waals surface area contributed by atoms with Gasteiger partial charge in [-0.15, -0.1) is 0 Å². The molecule has 0 saturated heterocycles. The first kappa shape index (κ1) is 10.8. The lowest BCUT2D eigenvalue weighted by atomic mass is 10.00. The van der Waals surface area contributed by atoms with Gasteiger partial charge in [0.25, 0.3) is 0 Å². The normalized spacial score (nSPS) is 10.0. The van der Waals surface area contributed by atoms with Crippen molar-refractivity contribution in [3.05, 3.63) is 0 Å². The molecule has 0 atom stereocenters. The average molecular weight is 138 g/mol. The van der Waals surface area contributed by atoms with E-state index in [0.29, 0.717) is 0 Å². The number of halogens is 1. The van der Waals surface area contributed by atoms with E-state index in [-0.39, 0.29) is 16.8 Å². The molecule has 0 saturated carbocycles. The number of hydrogen-bond donors (Lipinski definition) is 1. The molecule has 3 N–H and O–H groups in total. The SMILES string of the molecule is CC(C)(C)C(=O)Cl.N. The zero-order chi connectivity index (χ0) is 6.08. The molecule has 0 heterocycles. The van der Waals surface area contributed by atoms with E-state index in [4.69, 9.17) is 11.6 Å². The first-order chi connectivity index (χ1) is 2.94. The van der Waals surface area contributed by atoms with Crippen LogP contribution in [0, 0.1) is 5.41 Å². The fourth-order valence-corrected chi connectivity index (χ4v) is 0. The number of carbonyl (C=O) groups excluding carboxylic acids is 1. The van der Waals surface area contributed by atoms with Crippen LogP contribution in [-0.2, 0) is 4.79 Å². The maximum atomic E-state index is 10.2. The second-order valence-corrected chi connectivity index (χ2v) is 2.87. The van der Waals surface area contributed by atoms with Crippen molar-refractivity contribution < 1.29 is 4.79 Å². The second-order valence-electron chi connectivity index (χ2n) is 2.52. The third-order valence-electron chi connectivity index (χ3n) is 0.590. The Morgan fingerprint density at radius 3 is 1.50 bits per heavy atom. The van der Waals surface area contributed by atoms with Crippen molar-refractivity contribution in [2.75, 3.05) is 0 Å².